The molecule has 2 atom stereocenters. The Morgan fingerprint density at radius 3 is 2.90 bits per heavy atom. The molecule has 1 aromatic rings. The fourth-order valence-corrected chi connectivity index (χ4v) is 3.00. The Morgan fingerprint density at radius 1 is 1.55 bits per heavy atom. The van der Waals surface area contributed by atoms with Crippen molar-refractivity contribution in [2.45, 2.75) is 45.1 Å². The Balaban J connectivity index is 2.14. The summed E-state index contributed by atoms with van der Waals surface area (Å²) >= 11 is 0. The van der Waals surface area contributed by atoms with Crippen molar-refractivity contribution in [1.29, 1.82) is 0 Å². The number of benzene rings is 1. The SMILES string of the molecule is Cc1ccc(C(=O)NC2(CO)CCCC(C)C2)cc1F. The van der Waals surface area contributed by atoms with E-state index in [1.54, 1.807) is 19.1 Å². The van der Waals surface area contributed by atoms with E-state index in [2.05, 4.69) is 12.2 Å². The van der Waals surface area contributed by atoms with Crippen molar-refractivity contribution in [2.75, 3.05) is 6.61 Å². The van der Waals surface area contributed by atoms with Crippen molar-refractivity contribution in [1.82, 2.24) is 5.32 Å². The molecule has 2 unspecified atom stereocenters. The van der Waals surface area contributed by atoms with Crippen molar-refractivity contribution in [3.05, 3.63) is 35.1 Å². The molecule has 0 aromatic heterocycles. The van der Waals surface area contributed by atoms with Crippen molar-refractivity contribution in [3.8, 4) is 0 Å². The number of amides is 1. The summed E-state index contributed by atoms with van der Waals surface area (Å²) in [6.07, 6.45) is 3.65. The van der Waals surface area contributed by atoms with Crippen LogP contribution in [0.4, 0.5) is 4.39 Å². The van der Waals surface area contributed by atoms with E-state index in [1.807, 2.05) is 0 Å². The molecule has 0 heterocycles. The predicted molar refractivity (Wildman–Crippen MR) is 76.1 cm³/mol. The Bertz CT molecular complexity index is 503. The van der Waals surface area contributed by atoms with Crippen LogP contribution in [-0.2, 0) is 0 Å². The second kappa shape index (κ2) is 5.92. The first-order valence-electron chi connectivity index (χ1n) is 7.15. The van der Waals surface area contributed by atoms with Gasteiger partial charge >= 0.3 is 0 Å². The third-order valence-electron chi connectivity index (χ3n) is 4.21. The van der Waals surface area contributed by atoms with Crippen LogP contribution in [0.5, 0.6) is 0 Å². The molecule has 3 nitrogen and oxygen atoms in total. The second-order valence-electron chi connectivity index (χ2n) is 6.06. The molecule has 20 heavy (non-hydrogen) atoms. The van der Waals surface area contributed by atoms with Gasteiger partial charge in [0.1, 0.15) is 5.82 Å². The quantitative estimate of drug-likeness (QED) is 0.894. The molecule has 0 spiro atoms. The van der Waals surface area contributed by atoms with Gasteiger partial charge in [0.15, 0.2) is 0 Å². The minimum atomic E-state index is -0.559. The number of nitrogens with one attached hydrogen (secondary N) is 1. The zero-order valence-electron chi connectivity index (χ0n) is 12.1. The van der Waals surface area contributed by atoms with Gasteiger partial charge in [-0.1, -0.05) is 25.8 Å². The fraction of sp³-hybridized carbons (Fsp3) is 0.562. The summed E-state index contributed by atoms with van der Waals surface area (Å²) in [5.41, 5.74) is 0.264. The number of rotatable bonds is 3. The van der Waals surface area contributed by atoms with Crippen LogP contribution in [0.2, 0.25) is 0 Å². The van der Waals surface area contributed by atoms with E-state index in [0.717, 1.165) is 25.7 Å². The van der Waals surface area contributed by atoms with Crippen molar-refractivity contribution in [3.63, 3.8) is 0 Å². The number of hydrogen-bond donors (Lipinski definition) is 2. The predicted octanol–water partition coefficient (Wildman–Crippen LogP) is 2.81. The van der Waals surface area contributed by atoms with Gasteiger partial charge in [0.2, 0.25) is 0 Å². The summed E-state index contributed by atoms with van der Waals surface area (Å²) in [5.74, 6) is -0.217. The number of aliphatic hydroxyl groups is 1. The lowest BCUT2D eigenvalue weighted by atomic mass is 9.76. The lowest BCUT2D eigenvalue weighted by molar-refractivity contribution is 0.0696. The molecule has 1 aliphatic carbocycles. The summed E-state index contributed by atoms with van der Waals surface area (Å²) in [5, 5.41) is 12.6. The normalized spacial score (nSPS) is 26.3. The van der Waals surface area contributed by atoms with Crippen molar-refractivity contribution in [2.24, 2.45) is 5.92 Å². The Kier molecular flexibility index (Phi) is 4.43. The van der Waals surface area contributed by atoms with Crippen LogP contribution in [0.15, 0.2) is 18.2 Å². The third kappa shape index (κ3) is 3.18. The van der Waals surface area contributed by atoms with Crippen LogP contribution in [0, 0.1) is 18.7 Å². The molecule has 0 bridgehead atoms. The standard InChI is InChI=1S/C16H22FNO2/c1-11-4-3-7-16(9-11,10-19)18-15(20)13-6-5-12(2)14(17)8-13/h5-6,8,11,19H,3-4,7,9-10H2,1-2H3,(H,18,20). The van der Waals surface area contributed by atoms with Crippen LogP contribution in [0.1, 0.15) is 48.5 Å². The van der Waals surface area contributed by atoms with Gasteiger partial charge in [-0.05, 0) is 43.4 Å². The minimum Gasteiger partial charge on any atom is -0.394 e. The number of halogens is 1. The maximum atomic E-state index is 13.5. The topological polar surface area (TPSA) is 49.3 Å². The van der Waals surface area contributed by atoms with Gasteiger partial charge < -0.3 is 10.4 Å². The zero-order valence-corrected chi connectivity index (χ0v) is 12.1. The lowest BCUT2D eigenvalue weighted by Crippen LogP contribution is -2.53. The first kappa shape index (κ1) is 15.0. The van der Waals surface area contributed by atoms with Gasteiger partial charge in [-0.2, -0.15) is 0 Å². The molecular formula is C16H22FNO2. The zero-order chi connectivity index (χ0) is 14.8. The van der Waals surface area contributed by atoms with E-state index in [-0.39, 0.29) is 18.3 Å². The summed E-state index contributed by atoms with van der Waals surface area (Å²) in [6, 6.07) is 4.46. The number of aliphatic hydroxyl groups excluding tert-OH is 1. The van der Waals surface area contributed by atoms with Gasteiger partial charge in [-0.15, -0.1) is 0 Å². The van der Waals surface area contributed by atoms with Crippen LogP contribution in [0.25, 0.3) is 0 Å². The first-order chi connectivity index (χ1) is 9.46. The number of carbonyl (C=O) groups is 1. The molecule has 4 heteroatoms. The van der Waals surface area contributed by atoms with E-state index >= 15 is 0 Å². The molecule has 1 saturated carbocycles. The lowest BCUT2D eigenvalue weighted by Gasteiger charge is -2.39. The molecule has 1 fully saturated rings. The van der Waals surface area contributed by atoms with Gasteiger partial charge in [0.05, 0.1) is 12.1 Å². The molecule has 110 valence electrons. The Morgan fingerprint density at radius 2 is 2.30 bits per heavy atom. The molecule has 0 saturated heterocycles. The van der Waals surface area contributed by atoms with Crippen LogP contribution in [-0.4, -0.2) is 23.2 Å². The minimum absolute atomic E-state index is 0.0720. The van der Waals surface area contributed by atoms with Crippen molar-refractivity contribution < 1.29 is 14.3 Å². The van der Waals surface area contributed by atoms with Gasteiger partial charge in [-0.25, -0.2) is 4.39 Å². The van der Waals surface area contributed by atoms with Crippen LogP contribution < -0.4 is 5.32 Å². The largest absolute Gasteiger partial charge is 0.394 e. The van der Waals surface area contributed by atoms with E-state index in [4.69, 9.17) is 0 Å². The molecule has 2 N–H and O–H groups in total. The molecule has 0 radical (unpaired) electrons. The van der Waals surface area contributed by atoms with E-state index < -0.39 is 5.54 Å². The maximum Gasteiger partial charge on any atom is 0.251 e. The van der Waals surface area contributed by atoms with Crippen LogP contribution >= 0.6 is 0 Å². The van der Waals surface area contributed by atoms with Gasteiger partial charge in [0.25, 0.3) is 5.91 Å². The molecule has 2 rings (SSSR count). The van der Waals surface area contributed by atoms with Gasteiger partial charge in [-0.3, -0.25) is 4.79 Å². The monoisotopic (exact) mass is 279 g/mol. The molecule has 1 aliphatic rings. The highest BCUT2D eigenvalue weighted by atomic mass is 19.1. The average molecular weight is 279 g/mol. The summed E-state index contributed by atoms with van der Waals surface area (Å²) < 4.78 is 13.5. The highest BCUT2D eigenvalue weighted by molar-refractivity contribution is 5.94. The number of carbonyl (C=O) groups excluding carboxylic acids is 1. The first-order valence-corrected chi connectivity index (χ1v) is 7.15. The Hall–Kier alpha value is -1.42. The van der Waals surface area contributed by atoms with Crippen molar-refractivity contribution >= 4 is 5.91 Å². The van der Waals surface area contributed by atoms with Gasteiger partial charge in [0, 0.05) is 5.56 Å². The van der Waals surface area contributed by atoms with E-state index in [1.165, 1.54) is 6.07 Å². The van der Waals surface area contributed by atoms with E-state index in [0.29, 0.717) is 17.0 Å². The molecule has 0 aliphatic heterocycles. The maximum absolute atomic E-state index is 13.5. The summed E-state index contributed by atoms with van der Waals surface area (Å²) in [4.78, 5) is 12.3. The summed E-state index contributed by atoms with van der Waals surface area (Å²) in [6.45, 7) is 3.72. The average Bonchev–Trinajstić information content (AvgIpc) is 2.41. The third-order valence-corrected chi connectivity index (χ3v) is 4.21. The second-order valence-corrected chi connectivity index (χ2v) is 6.06. The molecule has 1 amide bonds. The fourth-order valence-electron chi connectivity index (χ4n) is 3.00. The number of hydrogen-bond acceptors (Lipinski definition) is 2. The highest BCUT2D eigenvalue weighted by Crippen LogP contribution is 2.32. The number of aryl methyl sites for hydroxylation is 1. The van der Waals surface area contributed by atoms with Crippen LogP contribution in [0.3, 0.4) is 0 Å². The van der Waals surface area contributed by atoms with E-state index in [9.17, 15) is 14.3 Å². The summed E-state index contributed by atoms with van der Waals surface area (Å²) in [7, 11) is 0. The highest BCUT2D eigenvalue weighted by Gasteiger charge is 2.35. The smallest absolute Gasteiger partial charge is 0.251 e. The molecule has 1 aromatic carbocycles. The molecular weight excluding hydrogens is 257 g/mol. The Labute approximate surface area is 119 Å².